The van der Waals surface area contributed by atoms with Crippen LogP contribution in [-0.4, -0.2) is 29.6 Å². The standard InChI is InChI=1S/C19H22N2O3/c1-23-14-7-4-6-13(12-14)17-10-5-11-21(17)19(22)18-15-8-2-3-9-16(15)20-24-18/h4,6-7,12,17H,2-3,5,8-11H2,1H3/t17-/m1/s1. The molecular formula is C19H22N2O3. The molecule has 5 heteroatoms. The van der Waals surface area contributed by atoms with Gasteiger partial charge in [-0.15, -0.1) is 0 Å². The van der Waals surface area contributed by atoms with Gasteiger partial charge >= 0.3 is 0 Å². The fraction of sp³-hybridized carbons (Fsp3) is 0.474. The van der Waals surface area contributed by atoms with Crippen LogP contribution in [0, 0.1) is 0 Å². The zero-order valence-electron chi connectivity index (χ0n) is 14.0. The minimum Gasteiger partial charge on any atom is -0.497 e. The lowest BCUT2D eigenvalue weighted by molar-refractivity contribution is 0.0691. The summed E-state index contributed by atoms with van der Waals surface area (Å²) in [5.41, 5.74) is 3.12. The Morgan fingerprint density at radius 1 is 1.29 bits per heavy atom. The Kier molecular flexibility index (Phi) is 4.00. The second-order valence-corrected chi connectivity index (χ2v) is 6.58. The number of methoxy groups -OCH3 is 1. The second kappa shape index (κ2) is 6.30. The zero-order valence-corrected chi connectivity index (χ0v) is 14.0. The number of carbonyl (C=O) groups excluding carboxylic acids is 1. The van der Waals surface area contributed by atoms with Crippen molar-refractivity contribution in [2.75, 3.05) is 13.7 Å². The molecule has 1 saturated heterocycles. The average molecular weight is 326 g/mol. The van der Waals surface area contributed by atoms with Crippen LogP contribution in [0.5, 0.6) is 5.75 Å². The highest BCUT2D eigenvalue weighted by Crippen LogP contribution is 2.35. The molecule has 1 aliphatic heterocycles. The van der Waals surface area contributed by atoms with Gasteiger partial charge < -0.3 is 14.2 Å². The maximum atomic E-state index is 13.1. The smallest absolute Gasteiger partial charge is 0.293 e. The molecule has 2 aromatic rings. The summed E-state index contributed by atoms with van der Waals surface area (Å²) in [7, 11) is 1.66. The van der Waals surface area contributed by atoms with Crippen LogP contribution in [0.3, 0.4) is 0 Å². The second-order valence-electron chi connectivity index (χ2n) is 6.58. The number of ether oxygens (including phenoxy) is 1. The van der Waals surface area contributed by atoms with Crippen molar-refractivity contribution < 1.29 is 14.1 Å². The number of rotatable bonds is 3. The monoisotopic (exact) mass is 326 g/mol. The van der Waals surface area contributed by atoms with Crippen molar-refractivity contribution in [1.82, 2.24) is 10.1 Å². The molecule has 1 fully saturated rings. The number of hydrogen-bond donors (Lipinski definition) is 0. The molecule has 1 aromatic carbocycles. The number of hydrogen-bond acceptors (Lipinski definition) is 4. The molecule has 1 amide bonds. The average Bonchev–Trinajstić information content (AvgIpc) is 3.28. The van der Waals surface area contributed by atoms with E-state index in [1.54, 1.807) is 7.11 Å². The molecule has 126 valence electrons. The number of aromatic nitrogens is 1. The van der Waals surface area contributed by atoms with E-state index in [9.17, 15) is 4.79 Å². The van der Waals surface area contributed by atoms with Crippen LogP contribution in [-0.2, 0) is 12.8 Å². The Morgan fingerprint density at radius 3 is 3.04 bits per heavy atom. The number of fused-ring (bicyclic) bond motifs is 1. The van der Waals surface area contributed by atoms with E-state index in [1.165, 1.54) is 0 Å². The van der Waals surface area contributed by atoms with Gasteiger partial charge in [0.2, 0.25) is 5.76 Å². The number of carbonyl (C=O) groups is 1. The molecule has 24 heavy (non-hydrogen) atoms. The maximum Gasteiger partial charge on any atom is 0.293 e. The lowest BCUT2D eigenvalue weighted by Gasteiger charge is -2.25. The summed E-state index contributed by atoms with van der Waals surface area (Å²) >= 11 is 0. The van der Waals surface area contributed by atoms with Gasteiger partial charge in [0.1, 0.15) is 5.75 Å². The first kappa shape index (κ1) is 15.2. The molecule has 0 spiro atoms. The van der Waals surface area contributed by atoms with E-state index in [1.807, 2.05) is 23.1 Å². The molecule has 0 unspecified atom stereocenters. The zero-order chi connectivity index (χ0) is 16.5. The van der Waals surface area contributed by atoms with Gasteiger partial charge in [-0.05, 0) is 56.2 Å². The van der Waals surface area contributed by atoms with Gasteiger partial charge in [0, 0.05) is 12.1 Å². The number of nitrogens with zero attached hydrogens (tertiary/aromatic N) is 2. The first-order valence-electron chi connectivity index (χ1n) is 8.70. The summed E-state index contributed by atoms with van der Waals surface area (Å²) in [6.45, 7) is 0.760. The maximum absolute atomic E-state index is 13.1. The van der Waals surface area contributed by atoms with Crippen molar-refractivity contribution in [1.29, 1.82) is 0 Å². The fourth-order valence-corrected chi connectivity index (χ4v) is 3.89. The largest absolute Gasteiger partial charge is 0.497 e. The minimum absolute atomic E-state index is 0.0176. The van der Waals surface area contributed by atoms with E-state index >= 15 is 0 Å². The van der Waals surface area contributed by atoms with E-state index < -0.39 is 0 Å². The van der Waals surface area contributed by atoms with Crippen LogP contribution in [0.2, 0.25) is 0 Å². The lowest BCUT2D eigenvalue weighted by Crippen LogP contribution is -2.31. The minimum atomic E-state index is -0.0176. The quantitative estimate of drug-likeness (QED) is 0.866. The third-order valence-electron chi connectivity index (χ3n) is 5.15. The van der Waals surface area contributed by atoms with Gasteiger partial charge in [-0.3, -0.25) is 4.79 Å². The van der Waals surface area contributed by atoms with Crippen LogP contribution in [0.15, 0.2) is 28.8 Å². The Labute approximate surface area is 141 Å². The number of aryl methyl sites for hydroxylation is 1. The van der Waals surface area contributed by atoms with Crippen molar-refractivity contribution >= 4 is 5.91 Å². The van der Waals surface area contributed by atoms with Crippen molar-refractivity contribution in [3.63, 3.8) is 0 Å². The van der Waals surface area contributed by atoms with Gasteiger partial charge in [0.25, 0.3) is 5.91 Å². The van der Waals surface area contributed by atoms with Crippen molar-refractivity contribution in [3.05, 3.63) is 46.8 Å². The molecule has 2 heterocycles. The predicted molar refractivity (Wildman–Crippen MR) is 89.2 cm³/mol. The summed E-state index contributed by atoms with van der Waals surface area (Å²) < 4.78 is 10.8. The van der Waals surface area contributed by atoms with E-state index in [-0.39, 0.29) is 11.9 Å². The fourth-order valence-electron chi connectivity index (χ4n) is 3.89. The molecule has 0 saturated carbocycles. The molecule has 0 bridgehead atoms. The lowest BCUT2D eigenvalue weighted by atomic mass is 9.95. The molecule has 0 N–H and O–H groups in total. The van der Waals surface area contributed by atoms with Gasteiger partial charge in [-0.1, -0.05) is 17.3 Å². The molecule has 2 aliphatic rings. The topological polar surface area (TPSA) is 55.6 Å². The van der Waals surface area contributed by atoms with E-state index in [2.05, 4.69) is 11.2 Å². The Hall–Kier alpha value is -2.30. The van der Waals surface area contributed by atoms with Gasteiger partial charge in [0.15, 0.2) is 0 Å². The SMILES string of the molecule is COc1cccc([C@H]2CCCN2C(=O)c2onc3c2CCCC3)c1. The van der Waals surface area contributed by atoms with Crippen molar-refractivity contribution in [2.24, 2.45) is 0 Å². The highest BCUT2D eigenvalue weighted by molar-refractivity contribution is 5.93. The van der Waals surface area contributed by atoms with E-state index in [0.717, 1.165) is 67.6 Å². The third-order valence-corrected chi connectivity index (χ3v) is 5.15. The molecule has 1 atom stereocenters. The van der Waals surface area contributed by atoms with Crippen LogP contribution in [0.4, 0.5) is 0 Å². The van der Waals surface area contributed by atoms with Crippen molar-refractivity contribution in [3.8, 4) is 5.75 Å². The van der Waals surface area contributed by atoms with Crippen LogP contribution in [0.25, 0.3) is 0 Å². The molecule has 4 rings (SSSR count). The van der Waals surface area contributed by atoms with E-state index in [0.29, 0.717) is 5.76 Å². The first-order valence-corrected chi connectivity index (χ1v) is 8.70. The first-order chi connectivity index (χ1) is 11.8. The summed E-state index contributed by atoms with van der Waals surface area (Å²) in [5, 5.41) is 4.13. The van der Waals surface area contributed by atoms with Gasteiger partial charge in [-0.25, -0.2) is 0 Å². The van der Waals surface area contributed by atoms with Gasteiger partial charge in [0.05, 0.1) is 18.8 Å². The highest BCUT2D eigenvalue weighted by Gasteiger charge is 2.35. The number of amides is 1. The van der Waals surface area contributed by atoms with Crippen molar-refractivity contribution in [2.45, 2.75) is 44.6 Å². The summed E-state index contributed by atoms with van der Waals surface area (Å²) in [6, 6.07) is 8.07. The Morgan fingerprint density at radius 2 is 2.17 bits per heavy atom. The Balaban J connectivity index is 1.62. The summed E-state index contributed by atoms with van der Waals surface area (Å²) in [6.07, 6.45) is 6.03. The molecular weight excluding hydrogens is 304 g/mol. The molecule has 1 aromatic heterocycles. The molecule has 5 nitrogen and oxygen atoms in total. The van der Waals surface area contributed by atoms with Crippen LogP contribution < -0.4 is 4.74 Å². The molecule has 1 aliphatic carbocycles. The predicted octanol–water partition coefficient (Wildman–Crippen LogP) is 3.54. The number of benzene rings is 1. The van der Waals surface area contributed by atoms with Crippen LogP contribution >= 0.6 is 0 Å². The normalized spacial score (nSPS) is 20.0. The molecule has 0 radical (unpaired) electrons. The summed E-state index contributed by atoms with van der Waals surface area (Å²) in [4.78, 5) is 15.0. The Bertz CT molecular complexity index is 753. The third kappa shape index (κ3) is 2.58. The van der Waals surface area contributed by atoms with Crippen LogP contribution in [0.1, 0.15) is 59.1 Å². The number of likely N-dealkylation sites (tertiary alicyclic amines) is 1. The summed E-state index contributed by atoms with van der Waals surface area (Å²) in [5.74, 6) is 1.26. The van der Waals surface area contributed by atoms with E-state index in [4.69, 9.17) is 9.26 Å². The van der Waals surface area contributed by atoms with Gasteiger partial charge in [-0.2, -0.15) is 0 Å². The highest BCUT2D eigenvalue weighted by atomic mass is 16.5.